The van der Waals surface area contributed by atoms with E-state index in [0.29, 0.717) is 17.9 Å². The van der Waals surface area contributed by atoms with Crippen LogP contribution in [0, 0.1) is 0 Å². The number of anilines is 1. The number of morpholine rings is 1. The highest BCUT2D eigenvalue weighted by Gasteiger charge is 2.37. The van der Waals surface area contributed by atoms with Gasteiger partial charge in [0.2, 0.25) is 0 Å². The molecule has 2 heterocycles. The molecule has 8 heteroatoms. The van der Waals surface area contributed by atoms with Crippen LogP contribution in [0.2, 0.25) is 0 Å². The summed E-state index contributed by atoms with van der Waals surface area (Å²) in [5.41, 5.74) is 6.48. The average molecular weight is 351 g/mol. The zero-order valence-electron chi connectivity index (χ0n) is 15.2. The first-order valence-corrected chi connectivity index (χ1v) is 8.07. The second-order valence-electron chi connectivity index (χ2n) is 6.98. The van der Waals surface area contributed by atoms with Crippen LogP contribution in [-0.4, -0.2) is 53.9 Å². The summed E-state index contributed by atoms with van der Waals surface area (Å²) in [4.78, 5) is 30.0. The van der Waals surface area contributed by atoms with Gasteiger partial charge in [0, 0.05) is 5.56 Å². The molecule has 25 heavy (non-hydrogen) atoms. The zero-order chi connectivity index (χ0) is 18.8. The molecule has 1 aliphatic heterocycles. The Balaban J connectivity index is 2.40. The topological polar surface area (TPSA) is 104 Å². The van der Waals surface area contributed by atoms with E-state index < -0.39 is 23.7 Å². The molecule has 138 valence electrons. The zero-order valence-corrected chi connectivity index (χ0v) is 15.2. The summed E-state index contributed by atoms with van der Waals surface area (Å²) in [6, 6.07) is 0.845. The first-order valence-electron chi connectivity index (χ1n) is 8.07. The van der Waals surface area contributed by atoms with Gasteiger partial charge in [0.05, 0.1) is 44.3 Å². The van der Waals surface area contributed by atoms with Crippen molar-refractivity contribution in [1.82, 2.24) is 9.88 Å². The molecule has 1 amide bonds. The summed E-state index contributed by atoms with van der Waals surface area (Å²) in [6.07, 6.45) is 0.929. The van der Waals surface area contributed by atoms with Gasteiger partial charge in [0.25, 0.3) is 0 Å². The van der Waals surface area contributed by atoms with Crippen molar-refractivity contribution in [3.63, 3.8) is 0 Å². The molecule has 2 rings (SSSR count). The van der Waals surface area contributed by atoms with Gasteiger partial charge in [-0.05, 0) is 33.8 Å². The number of esters is 1. The number of pyridine rings is 1. The van der Waals surface area contributed by atoms with Gasteiger partial charge in [0.1, 0.15) is 11.3 Å². The van der Waals surface area contributed by atoms with Crippen molar-refractivity contribution >= 4 is 17.7 Å². The number of carbonyl (C=O) groups excluding carboxylic acids is 2. The SMILES string of the molecule is COC(=O)c1cc([C@H]2COC[C@@H](C)N2C(=O)OC(C)(C)C)c(N)cn1. The Bertz CT molecular complexity index is 656. The Kier molecular flexibility index (Phi) is 5.52. The van der Waals surface area contributed by atoms with E-state index in [2.05, 4.69) is 4.98 Å². The van der Waals surface area contributed by atoms with Crippen molar-refractivity contribution in [2.45, 2.75) is 45.4 Å². The maximum atomic E-state index is 12.7. The summed E-state index contributed by atoms with van der Waals surface area (Å²) in [5, 5.41) is 0. The normalized spacial score (nSPS) is 20.9. The molecule has 1 saturated heterocycles. The van der Waals surface area contributed by atoms with E-state index in [1.807, 2.05) is 6.92 Å². The number of hydrogen-bond donors (Lipinski definition) is 1. The number of nitrogens with zero attached hydrogens (tertiary/aromatic N) is 2. The number of aromatic nitrogens is 1. The predicted molar refractivity (Wildman–Crippen MR) is 91.1 cm³/mol. The largest absolute Gasteiger partial charge is 0.464 e. The van der Waals surface area contributed by atoms with E-state index in [1.165, 1.54) is 19.4 Å². The van der Waals surface area contributed by atoms with Crippen molar-refractivity contribution in [3.8, 4) is 0 Å². The Morgan fingerprint density at radius 1 is 1.36 bits per heavy atom. The second kappa shape index (κ2) is 7.26. The molecule has 0 saturated carbocycles. The molecule has 0 bridgehead atoms. The van der Waals surface area contributed by atoms with Crippen LogP contribution in [0.3, 0.4) is 0 Å². The quantitative estimate of drug-likeness (QED) is 0.814. The number of nitrogens with two attached hydrogens (primary N) is 1. The minimum absolute atomic E-state index is 0.120. The summed E-state index contributed by atoms with van der Waals surface area (Å²) >= 11 is 0. The van der Waals surface area contributed by atoms with Crippen LogP contribution in [0.5, 0.6) is 0 Å². The van der Waals surface area contributed by atoms with Gasteiger partial charge in [-0.1, -0.05) is 0 Å². The molecule has 2 N–H and O–H groups in total. The average Bonchev–Trinajstić information content (AvgIpc) is 2.52. The minimum atomic E-state index is -0.624. The lowest BCUT2D eigenvalue weighted by Gasteiger charge is -2.41. The van der Waals surface area contributed by atoms with Gasteiger partial charge in [-0.15, -0.1) is 0 Å². The van der Waals surface area contributed by atoms with E-state index in [-0.39, 0.29) is 18.3 Å². The molecule has 8 nitrogen and oxygen atoms in total. The smallest absolute Gasteiger partial charge is 0.411 e. The number of nitrogen functional groups attached to an aromatic ring is 1. The van der Waals surface area contributed by atoms with Crippen LogP contribution < -0.4 is 5.73 Å². The highest BCUT2D eigenvalue weighted by molar-refractivity contribution is 5.87. The summed E-state index contributed by atoms with van der Waals surface area (Å²) in [5.74, 6) is -0.574. The fourth-order valence-corrected chi connectivity index (χ4v) is 2.67. The number of methoxy groups -OCH3 is 1. The fraction of sp³-hybridized carbons (Fsp3) is 0.588. The molecule has 1 aliphatic rings. The molecule has 0 unspecified atom stereocenters. The lowest BCUT2D eigenvalue weighted by atomic mass is 10.0. The van der Waals surface area contributed by atoms with Gasteiger partial charge in [-0.2, -0.15) is 0 Å². The van der Waals surface area contributed by atoms with Gasteiger partial charge < -0.3 is 19.9 Å². The van der Waals surface area contributed by atoms with Crippen molar-refractivity contribution < 1.29 is 23.8 Å². The second-order valence-corrected chi connectivity index (χ2v) is 6.98. The molecule has 2 atom stereocenters. The van der Waals surface area contributed by atoms with Crippen molar-refractivity contribution in [1.29, 1.82) is 0 Å². The minimum Gasteiger partial charge on any atom is -0.464 e. The number of hydrogen-bond acceptors (Lipinski definition) is 7. The van der Waals surface area contributed by atoms with Crippen molar-refractivity contribution in [2.75, 3.05) is 26.1 Å². The molecule has 0 aliphatic carbocycles. The maximum Gasteiger partial charge on any atom is 0.411 e. The Labute approximate surface area is 147 Å². The highest BCUT2D eigenvalue weighted by Crippen LogP contribution is 2.32. The summed E-state index contributed by atoms with van der Waals surface area (Å²) in [6.45, 7) is 7.93. The van der Waals surface area contributed by atoms with Gasteiger partial charge in [0.15, 0.2) is 0 Å². The van der Waals surface area contributed by atoms with Crippen LogP contribution in [0.25, 0.3) is 0 Å². The number of rotatable bonds is 2. The first kappa shape index (κ1) is 19.0. The van der Waals surface area contributed by atoms with E-state index in [1.54, 1.807) is 25.7 Å². The van der Waals surface area contributed by atoms with Crippen molar-refractivity contribution in [2.24, 2.45) is 0 Å². The first-order chi connectivity index (χ1) is 11.6. The molecular formula is C17H25N3O5. The van der Waals surface area contributed by atoms with Gasteiger partial charge in [-0.25, -0.2) is 14.6 Å². The third-order valence-electron chi connectivity index (χ3n) is 3.77. The lowest BCUT2D eigenvalue weighted by molar-refractivity contribution is -0.0571. The summed E-state index contributed by atoms with van der Waals surface area (Å²) in [7, 11) is 1.28. The lowest BCUT2D eigenvalue weighted by Crippen LogP contribution is -2.51. The Morgan fingerprint density at radius 3 is 2.64 bits per heavy atom. The van der Waals surface area contributed by atoms with Crippen LogP contribution >= 0.6 is 0 Å². The van der Waals surface area contributed by atoms with Gasteiger partial charge in [-0.3, -0.25) is 4.90 Å². The Hall–Kier alpha value is -2.35. The van der Waals surface area contributed by atoms with E-state index in [4.69, 9.17) is 19.9 Å². The molecule has 0 radical (unpaired) electrons. The third kappa shape index (κ3) is 4.39. The number of amides is 1. The fourth-order valence-electron chi connectivity index (χ4n) is 2.67. The van der Waals surface area contributed by atoms with Crippen molar-refractivity contribution in [3.05, 3.63) is 23.5 Å². The molecule has 1 aromatic heterocycles. The van der Waals surface area contributed by atoms with Crippen LogP contribution in [0.15, 0.2) is 12.3 Å². The predicted octanol–water partition coefficient (Wildman–Crippen LogP) is 2.15. The molecule has 0 spiro atoms. The number of ether oxygens (including phenoxy) is 3. The van der Waals surface area contributed by atoms with E-state index in [9.17, 15) is 9.59 Å². The maximum absolute atomic E-state index is 12.7. The Morgan fingerprint density at radius 2 is 2.04 bits per heavy atom. The number of carbonyl (C=O) groups is 2. The molecule has 1 aromatic rings. The van der Waals surface area contributed by atoms with Gasteiger partial charge >= 0.3 is 12.1 Å². The van der Waals surface area contributed by atoms with Crippen LogP contribution in [-0.2, 0) is 14.2 Å². The standard InChI is InChI=1S/C17H25N3O5/c1-10-8-24-9-14(20(10)16(22)25-17(2,3)4)11-6-13(15(21)23-5)19-7-12(11)18/h6-7,10,14H,8-9,18H2,1-5H3/t10-,14-/m1/s1. The van der Waals surface area contributed by atoms with Crippen LogP contribution in [0.1, 0.15) is 49.8 Å². The molecular weight excluding hydrogens is 326 g/mol. The monoisotopic (exact) mass is 351 g/mol. The highest BCUT2D eigenvalue weighted by atomic mass is 16.6. The van der Waals surface area contributed by atoms with Crippen LogP contribution in [0.4, 0.5) is 10.5 Å². The third-order valence-corrected chi connectivity index (χ3v) is 3.77. The molecule has 0 aromatic carbocycles. The van der Waals surface area contributed by atoms with E-state index in [0.717, 1.165) is 0 Å². The van der Waals surface area contributed by atoms with E-state index >= 15 is 0 Å². The summed E-state index contributed by atoms with van der Waals surface area (Å²) < 4.78 is 15.8. The molecule has 1 fully saturated rings.